The van der Waals surface area contributed by atoms with Gasteiger partial charge in [0.1, 0.15) is 5.75 Å². The van der Waals surface area contributed by atoms with Crippen LogP contribution in [0.25, 0.3) is 11.3 Å². The van der Waals surface area contributed by atoms with E-state index in [0.717, 1.165) is 22.6 Å². The van der Waals surface area contributed by atoms with Crippen molar-refractivity contribution >= 4 is 23.2 Å². The number of ether oxygens (including phenoxy) is 1. The van der Waals surface area contributed by atoms with E-state index in [9.17, 15) is 0 Å². The highest BCUT2D eigenvalue weighted by Crippen LogP contribution is 2.33. The smallest absolute Gasteiger partial charge is 0.125 e. The van der Waals surface area contributed by atoms with Crippen LogP contribution in [0.2, 0.25) is 10.0 Å². The highest BCUT2D eigenvalue weighted by atomic mass is 35.5. The van der Waals surface area contributed by atoms with E-state index < -0.39 is 0 Å². The molecule has 2 rings (SSSR count). The van der Waals surface area contributed by atoms with Crippen LogP contribution in [0.3, 0.4) is 0 Å². The van der Waals surface area contributed by atoms with Crippen molar-refractivity contribution in [3.63, 3.8) is 0 Å². The van der Waals surface area contributed by atoms with Gasteiger partial charge < -0.3 is 4.74 Å². The molecule has 17 heavy (non-hydrogen) atoms. The summed E-state index contributed by atoms with van der Waals surface area (Å²) in [5, 5.41) is 1.20. The molecule has 2 nitrogen and oxygen atoms in total. The van der Waals surface area contributed by atoms with Crippen LogP contribution in [0.5, 0.6) is 5.75 Å². The van der Waals surface area contributed by atoms with Crippen molar-refractivity contribution in [1.82, 2.24) is 4.98 Å². The van der Waals surface area contributed by atoms with Gasteiger partial charge in [0, 0.05) is 22.3 Å². The van der Waals surface area contributed by atoms with Gasteiger partial charge >= 0.3 is 0 Å². The van der Waals surface area contributed by atoms with Crippen molar-refractivity contribution in [1.29, 1.82) is 0 Å². The normalized spacial score (nSPS) is 10.4. The van der Waals surface area contributed by atoms with E-state index in [-0.39, 0.29) is 0 Å². The molecule has 0 aliphatic carbocycles. The highest BCUT2D eigenvalue weighted by molar-refractivity contribution is 6.36. The molecule has 0 atom stereocenters. The Morgan fingerprint density at radius 3 is 2.59 bits per heavy atom. The monoisotopic (exact) mass is 267 g/mol. The molecule has 88 valence electrons. The maximum Gasteiger partial charge on any atom is 0.125 e. The first-order valence-corrected chi connectivity index (χ1v) is 5.84. The van der Waals surface area contributed by atoms with E-state index in [1.54, 1.807) is 25.4 Å². The predicted octanol–water partition coefficient (Wildman–Crippen LogP) is 4.37. The van der Waals surface area contributed by atoms with Crippen LogP contribution in [0.15, 0.2) is 30.5 Å². The lowest BCUT2D eigenvalue weighted by Gasteiger charge is -2.10. The number of halogens is 2. The number of hydrogen-bond acceptors (Lipinski definition) is 2. The minimum absolute atomic E-state index is 0.585. The SMILES string of the molecule is COc1ccnc(-c2ccc(Cl)cc2Cl)c1C. The number of methoxy groups -OCH3 is 1. The van der Waals surface area contributed by atoms with Crippen LogP contribution in [0.4, 0.5) is 0 Å². The molecule has 0 bridgehead atoms. The lowest BCUT2D eigenvalue weighted by molar-refractivity contribution is 0.411. The summed E-state index contributed by atoms with van der Waals surface area (Å²) in [6.45, 7) is 1.95. The predicted molar refractivity (Wildman–Crippen MR) is 71.0 cm³/mol. The largest absolute Gasteiger partial charge is 0.496 e. The fraction of sp³-hybridized carbons (Fsp3) is 0.154. The Hall–Kier alpha value is -1.25. The Labute approximate surface area is 110 Å². The molecule has 0 fully saturated rings. The van der Waals surface area contributed by atoms with Gasteiger partial charge in [-0.05, 0) is 31.2 Å². The summed E-state index contributed by atoms with van der Waals surface area (Å²) in [4.78, 5) is 4.34. The average molecular weight is 268 g/mol. The standard InChI is InChI=1S/C13H11Cl2NO/c1-8-12(17-2)5-6-16-13(8)10-4-3-9(14)7-11(10)15/h3-7H,1-2H3. The van der Waals surface area contributed by atoms with Crippen LogP contribution in [0.1, 0.15) is 5.56 Å². The summed E-state index contributed by atoms with van der Waals surface area (Å²) in [6.07, 6.45) is 1.70. The van der Waals surface area contributed by atoms with Gasteiger partial charge in [0.15, 0.2) is 0 Å². The van der Waals surface area contributed by atoms with Gasteiger partial charge in [0.25, 0.3) is 0 Å². The Morgan fingerprint density at radius 2 is 1.94 bits per heavy atom. The lowest BCUT2D eigenvalue weighted by atomic mass is 10.1. The third-order valence-electron chi connectivity index (χ3n) is 2.56. The topological polar surface area (TPSA) is 22.1 Å². The third kappa shape index (κ3) is 2.38. The fourth-order valence-corrected chi connectivity index (χ4v) is 2.19. The molecule has 0 aliphatic rings. The molecule has 1 heterocycles. The van der Waals surface area contributed by atoms with Gasteiger partial charge in [-0.1, -0.05) is 23.2 Å². The van der Waals surface area contributed by atoms with E-state index in [0.29, 0.717) is 10.0 Å². The van der Waals surface area contributed by atoms with Crippen molar-refractivity contribution in [2.24, 2.45) is 0 Å². The van der Waals surface area contributed by atoms with Crippen molar-refractivity contribution in [2.45, 2.75) is 6.92 Å². The Bertz CT molecular complexity index is 555. The third-order valence-corrected chi connectivity index (χ3v) is 3.11. The first-order valence-electron chi connectivity index (χ1n) is 5.08. The molecule has 0 N–H and O–H groups in total. The van der Waals surface area contributed by atoms with Crippen LogP contribution < -0.4 is 4.74 Å². The maximum absolute atomic E-state index is 6.17. The summed E-state index contributed by atoms with van der Waals surface area (Å²) in [7, 11) is 1.63. The van der Waals surface area contributed by atoms with Crippen LogP contribution >= 0.6 is 23.2 Å². The molecule has 1 aromatic carbocycles. The zero-order chi connectivity index (χ0) is 12.4. The molecular formula is C13H11Cl2NO. The van der Waals surface area contributed by atoms with Crippen LogP contribution in [-0.2, 0) is 0 Å². The van der Waals surface area contributed by atoms with Gasteiger partial charge in [-0.3, -0.25) is 4.98 Å². The van der Waals surface area contributed by atoms with E-state index in [1.807, 2.05) is 19.1 Å². The van der Waals surface area contributed by atoms with Gasteiger partial charge in [-0.15, -0.1) is 0 Å². The minimum Gasteiger partial charge on any atom is -0.496 e. The zero-order valence-corrected chi connectivity index (χ0v) is 11.0. The van der Waals surface area contributed by atoms with E-state index in [2.05, 4.69) is 4.98 Å². The molecule has 0 saturated heterocycles. The molecule has 1 aromatic heterocycles. The molecule has 0 amide bonds. The van der Waals surface area contributed by atoms with Crippen molar-refractivity contribution in [2.75, 3.05) is 7.11 Å². The number of hydrogen-bond donors (Lipinski definition) is 0. The molecule has 0 aliphatic heterocycles. The molecule has 0 spiro atoms. The molecule has 4 heteroatoms. The number of pyridine rings is 1. The summed E-state index contributed by atoms with van der Waals surface area (Å²) in [5.41, 5.74) is 2.62. The summed E-state index contributed by atoms with van der Waals surface area (Å²) in [6, 6.07) is 7.19. The fourth-order valence-electron chi connectivity index (χ4n) is 1.69. The van der Waals surface area contributed by atoms with Crippen LogP contribution in [-0.4, -0.2) is 12.1 Å². The number of benzene rings is 1. The lowest BCUT2D eigenvalue weighted by Crippen LogP contribution is -1.93. The second-order valence-electron chi connectivity index (χ2n) is 3.61. The minimum atomic E-state index is 0.585. The van der Waals surface area contributed by atoms with Gasteiger partial charge in [-0.2, -0.15) is 0 Å². The molecule has 0 unspecified atom stereocenters. The second-order valence-corrected chi connectivity index (χ2v) is 4.45. The summed E-state index contributed by atoms with van der Waals surface area (Å²) >= 11 is 12.0. The van der Waals surface area contributed by atoms with E-state index in [1.165, 1.54) is 0 Å². The van der Waals surface area contributed by atoms with E-state index in [4.69, 9.17) is 27.9 Å². The van der Waals surface area contributed by atoms with Gasteiger partial charge in [-0.25, -0.2) is 0 Å². The Kier molecular flexibility index (Phi) is 3.55. The summed E-state index contributed by atoms with van der Waals surface area (Å²) < 4.78 is 5.26. The first kappa shape index (κ1) is 12.2. The maximum atomic E-state index is 6.17. The van der Waals surface area contributed by atoms with Crippen molar-refractivity contribution in [3.05, 3.63) is 46.1 Å². The van der Waals surface area contributed by atoms with Crippen molar-refractivity contribution < 1.29 is 4.74 Å². The quantitative estimate of drug-likeness (QED) is 0.806. The van der Waals surface area contributed by atoms with E-state index >= 15 is 0 Å². The molecule has 0 radical (unpaired) electrons. The van der Waals surface area contributed by atoms with Crippen molar-refractivity contribution in [3.8, 4) is 17.0 Å². The Morgan fingerprint density at radius 1 is 1.18 bits per heavy atom. The highest BCUT2D eigenvalue weighted by Gasteiger charge is 2.11. The first-order chi connectivity index (χ1) is 8.13. The second kappa shape index (κ2) is 4.94. The zero-order valence-electron chi connectivity index (χ0n) is 9.50. The Balaban J connectivity index is 2.60. The number of rotatable bonds is 2. The molecular weight excluding hydrogens is 257 g/mol. The van der Waals surface area contributed by atoms with Gasteiger partial charge in [0.05, 0.1) is 17.8 Å². The number of aromatic nitrogens is 1. The number of nitrogens with zero attached hydrogens (tertiary/aromatic N) is 1. The summed E-state index contributed by atoms with van der Waals surface area (Å²) in [5.74, 6) is 0.793. The van der Waals surface area contributed by atoms with Gasteiger partial charge in [0.2, 0.25) is 0 Å². The molecule has 0 saturated carbocycles. The molecule has 2 aromatic rings. The van der Waals surface area contributed by atoms with Crippen LogP contribution in [0, 0.1) is 6.92 Å². The average Bonchev–Trinajstić information content (AvgIpc) is 2.30.